The number of aryl methyl sites for hydroxylation is 1. The van der Waals surface area contributed by atoms with Crippen LogP contribution >= 0.6 is 0 Å². The van der Waals surface area contributed by atoms with Gasteiger partial charge in [-0.05, 0) is 37.3 Å². The SMILES string of the molecule is Cc1cccc(-c2[nH]c(-c3ccccc3)nc2-c2ccc3c(c2)OCO3)n1. The number of imidazole rings is 1. The van der Waals surface area contributed by atoms with Gasteiger partial charge >= 0.3 is 0 Å². The van der Waals surface area contributed by atoms with Crippen molar-refractivity contribution in [2.45, 2.75) is 6.92 Å². The van der Waals surface area contributed by atoms with Gasteiger partial charge in [-0.25, -0.2) is 4.98 Å². The van der Waals surface area contributed by atoms with Crippen LogP contribution in [0.25, 0.3) is 34.0 Å². The molecule has 0 saturated carbocycles. The molecule has 132 valence electrons. The second-order valence-corrected chi connectivity index (χ2v) is 6.41. The summed E-state index contributed by atoms with van der Waals surface area (Å²) in [7, 11) is 0. The molecule has 0 amide bonds. The average Bonchev–Trinajstić information content (AvgIpc) is 3.35. The quantitative estimate of drug-likeness (QED) is 0.571. The molecule has 0 radical (unpaired) electrons. The van der Waals surface area contributed by atoms with Gasteiger partial charge in [-0.2, -0.15) is 0 Å². The fourth-order valence-electron chi connectivity index (χ4n) is 3.23. The van der Waals surface area contributed by atoms with Crippen LogP contribution in [0.1, 0.15) is 5.69 Å². The van der Waals surface area contributed by atoms with E-state index in [9.17, 15) is 0 Å². The molecule has 2 aromatic carbocycles. The Morgan fingerprint density at radius 1 is 0.815 bits per heavy atom. The van der Waals surface area contributed by atoms with Gasteiger partial charge in [0.2, 0.25) is 6.79 Å². The number of H-pyrrole nitrogens is 1. The second-order valence-electron chi connectivity index (χ2n) is 6.41. The minimum atomic E-state index is 0.251. The van der Waals surface area contributed by atoms with E-state index in [1.54, 1.807) is 0 Å². The van der Waals surface area contributed by atoms with Crippen LogP contribution in [0.15, 0.2) is 66.7 Å². The highest BCUT2D eigenvalue weighted by molar-refractivity contribution is 5.81. The van der Waals surface area contributed by atoms with E-state index in [2.05, 4.69) is 9.97 Å². The second kappa shape index (κ2) is 6.29. The summed E-state index contributed by atoms with van der Waals surface area (Å²) in [6.45, 7) is 2.24. The molecule has 27 heavy (non-hydrogen) atoms. The Morgan fingerprint density at radius 3 is 2.52 bits per heavy atom. The molecular formula is C22H17N3O2. The van der Waals surface area contributed by atoms with Gasteiger partial charge in [-0.15, -0.1) is 0 Å². The standard InChI is InChI=1S/C22H17N3O2/c1-14-6-5-9-17(23-14)21-20(16-10-11-18-19(12-16)27-13-26-18)24-22(25-21)15-7-3-2-4-8-15/h2-12H,13H2,1H3,(H,24,25). The Bertz CT molecular complexity index is 1120. The van der Waals surface area contributed by atoms with E-state index >= 15 is 0 Å². The van der Waals surface area contributed by atoms with Crippen molar-refractivity contribution in [3.63, 3.8) is 0 Å². The monoisotopic (exact) mass is 355 g/mol. The number of hydrogen-bond donors (Lipinski definition) is 1. The number of pyridine rings is 1. The lowest BCUT2D eigenvalue weighted by Crippen LogP contribution is -1.92. The fraction of sp³-hybridized carbons (Fsp3) is 0.0909. The summed E-state index contributed by atoms with van der Waals surface area (Å²) in [6, 6.07) is 21.9. The highest BCUT2D eigenvalue weighted by Crippen LogP contribution is 2.38. The summed E-state index contributed by atoms with van der Waals surface area (Å²) in [6.07, 6.45) is 0. The number of fused-ring (bicyclic) bond motifs is 1. The molecule has 0 fully saturated rings. The van der Waals surface area contributed by atoms with Crippen molar-refractivity contribution in [1.82, 2.24) is 15.0 Å². The number of nitrogens with one attached hydrogen (secondary N) is 1. The highest BCUT2D eigenvalue weighted by Gasteiger charge is 2.20. The first kappa shape index (κ1) is 15.6. The Hall–Kier alpha value is -3.60. The Kier molecular flexibility index (Phi) is 3.64. The number of ether oxygens (including phenoxy) is 2. The van der Waals surface area contributed by atoms with E-state index in [1.807, 2.05) is 73.7 Å². The normalized spacial score (nSPS) is 12.3. The third kappa shape index (κ3) is 2.83. The summed E-state index contributed by atoms with van der Waals surface area (Å²) in [5, 5.41) is 0. The molecule has 0 unspecified atom stereocenters. The van der Waals surface area contributed by atoms with Crippen molar-refractivity contribution >= 4 is 0 Å². The van der Waals surface area contributed by atoms with Gasteiger partial charge in [0.1, 0.15) is 5.82 Å². The number of nitrogens with zero attached hydrogens (tertiary/aromatic N) is 2. The number of rotatable bonds is 3. The van der Waals surface area contributed by atoms with Gasteiger partial charge in [-0.3, -0.25) is 4.98 Å². The van der Waals surface area contributed by atoms with Crippen molar-refractivity contribution in [1.29, 1.82) is 0 Å². The van der Waals surface area contributed by atoms with Crippen LogP contribution < -0.4 is 9.47 Å². The van der Waals surface area contributed by atoms with Gasteiger partial charge < -0.3 is 14.5 Å². The molecule has 0 bridgehead atoms. The predicted octanol–water partition coefficient (Wildman–Crippen LogP) is 4.84. The van der Waals surface area contributed by atoms with Crippen molar-refractivity contribution < 1.29 is 9.47 Å². The lowest BCUT2D eigenvalue weighted by atomic mass is 10.1. The first-order valence-electron chi connectivity index (χ1n) is 8.77. The van der Waals surface area contributed by atoms with Crippen LogP contribution in [-0.4, -0.2) is 21.7 Å². The number of benzene rings is 2. The molecule has 0 atom stereocenters. The van der Waals surface area contributed by atoms with Gasteiger partial charge in [0.15, 0.2) is 11.5 Å². The zero-order valence-electron chi connectivity index (χ0n) is 14.8. The first-order valence-corrected chi connectivity index (χ1v) is 8.77. The van der Waals surface area contributed by atoms with Gasteiger partial charge in [-0.1, -0.05) is 36.4 Å². The molecule has 3 heterocycles. The molecular weight excluding hydrogens is 338 g/mol. The zero-order valence-corrected chi connectivity index (χ0v) is 14.8. The van der Waals surface area contributed by atoms with E-state index in [0.717, 1.165) is 51.2 Å². The largest absolute Gasteiger partial charge is 0.454 e. The molecule has 1 aliphatic heterocycles. The van der Waals surface area contributed by atoms with E-state index in [4.69, 9.17) is 14.5 Å². The van der Waals surface area contributed by atoms with E-state index < -0.39 is 0 Å². The molecule has 1 aliphatic rings. The zero-order chi connectivity index (χ0) is 18.2. The summed E-state index contributed by atoms with van der Waals surface area (Å²) in [5.74, 6) is 2.30. The van der Waals surface area contributed by atoms with Gasteiger partial charge in [0.25, 0.3) is 0 Å². The lowest BCUT2D eigenvalue weighted by molar-refractivity contribution is 0.174. The van der Waals surface area contributed by atoms with Crippen LogP contribution in [0.4, 0.5) is 0 Å². The Balaban J connectivity index is 1.70. The molecule has 2 aromatic heterocycles. The highest BCUT2D eigenvalue weighted by atomic mass is 16.7. The maximum Gasteiger partial charge on any atom is 0.231 e. The Morgan fingerprint density at radius 2 is 1.67 bits per heavy atom. The van der Waals surface area contributed by atoms with Crippen molar-refractivity contribution in [3.05, 3.63) is 72.4 Å². The molecule has 0 aliphatic carbocycles. The minimum absolute atomic E-state index is 0.251. The van der Waals surface area contributed by atoms with Gasteiger partial charge in [0.05, 0.1) is 17.1 Å². The van der Waals surface area contributed by atoms with Crippen molar-refractivity contribution in [3.8, 4) is 45.5 Å². The van der Waals surface area contributed by atoms with E-state index in [0.29, 0.717) is 0 Å². The number of aromatic nitrogens is 3. The van der Waals surface area contributed by atoms with Crippen LogP contribution in [0.2, 0.25) is 0 Å². The summed E-state index contributed by atoms with van der Waals surface area (Å²) >= 11 is 0. The van der Waals surface area contributed by atoms with E-state index in [1.165, 1.54) is 0 Å². The first-order chi connectivity index (χ1) is 13.3. The van der Waals surface area contributed by atoms with E-state index in [-0.39, 0.29) is 6.79 Å². The topological polar surface area (TPSA) is 60.0 Å². The maximum atomic E-state index is 5.54. The number of aromatic amines is 1. The molecule has 5 rings (SSSR count). The summed E-state index contributed by atoms with van der Waals surface area (Å²) < 4.78 is 11.0. The molecule has 0 spiro atoms. The molecule has 1 N–H and O–H groups in total. The number of hydrogen-bond acceptors (Lipinski definition) is 4. The van der Waals surface area contributed by atoms with Crippen molar-refractivity contribution in [2.75, 3.05) is 6.79 Å². The summed E-state index contributed by atoms with van der Waals surface area (Å²) in [4.78, 5) is 13.0. The molecule has 0 saturated heterocycles. The van der Waals surface area contributed by atoms with Crippen LogP contribution in [0.3, 0.4) is 0 Å². The molecule has 4 aromatic rings. The van der Waals surface area contributed by atoms with Crippen molar-refractivity contribution in [2.24, 2.45) is 0 Å². The third-order valence-electron chi connectivity index (χ3n) is 4.54. The maximum absolute atomic E-state index is 5.54. The predicted molar refractivity (Wildman–Crippen MR) is 104 cm³/mol. The molecule has 5 nitrogen and oxygen atoms in total. The van der Waals surface area contributed by atoms with Gasteiger partial charge in [0, 0.05) is 16.8 Å². The lowest BCUT2D eigenvalue weighted by Gasteiger charge is -2.04. The third-order valence-corrected chi connectivity index (χ3v) is 4.54. The van der Waals surface area contributed by atoms with Crippen LogP contribution in [-0.2, 0) is 0 Å². The minimum Gasteiger partial charge on any atom is -0.454 e. The fourth-order valence-corrected chi connectivity index (χ4v) is 3.23. The van der Waals surface area contributed by atoms with Crippen LogP contribution in [0.5, 0.6) is 11.5 Å². The average molecular weight is 355 g/mol. The summed E-state index contributed by atoms with van der Waals surface area (Å²) in [5.41, 5.74) is 5.52. The molecule has 5 heteroatoms. The smallest absolute Gasteiger partial charge is 0.231 e. The Labute approximate surface area is 156 Å². The van der Waals surface area contributed by atoms with Crippen LogP contribution in [0, 0.1) is 6.92 Å².